The van der Waals surface area contributed by atoms with Crippen LogP contribution in [0.1, 0.15) is 5.56 Å². The minimum absolute atomic E-state index is 0.644. The van der Waals surface area contributed by atoms with Gasteiger partial charge in [-0.1, -0.05) is 18.2 Å². The van der Waals surface area contributed by atoms with Crippen LogP contribution in [0.3, 0.4) is 0 Å². The van der Waals surface area contributed by atoms with Crippen LogP contribution in [0.5, 0.6) is 5.75 Å². The maximum atomic E-state index is 9.55. The maximum Gasteiger partial charge on any atom is 0.126 e. The molecule has 0 saturated heterocycles. The van der Waals surface area contributed by atoms with Gasteiger partial charge < -0.3 is 4.74 Å². The normalized spacial score (nSPS) is 10.4. The van der Waals surface area contributed by atoms with Crippen molar-refractivity contribution in [3.63, 3.8) is 0 Å². The van der Waals surface area contributed by atoms with E-state index in [1.54, 1.807) is 18.0 Å². The van der Waals surface area contributed by atoms with E-state index in [0.717, 1.165) is 27.8 Å². The van der Waals surface area contributed by atoms with Crippen LogP contribution in [-0.2, 0) is 7.05 Å². The average molecular weight is 263 g/mol. The van der Waals surface area contributed by atoms with Crippen LogP contribution < -0.4 is 4.74 Å². The monoisotopic (exact) mass is 263 g/mol. The van der Waals surface area contributed by atoms with Crippen LogP contribution >= 0.6 is 0 Å². The minimum atomic E-state index is 0.644. The number of nitrogens with zero attached hydrogens (tertiary/aromatic N) is 3. The van der Waals surface area contributed by atoms with Crippen molar-refractivity contribution in [2.75, 3.05) is 7.11 Å². The lowest BCUT2D eigenvalue weighted by Crippen LogP contribution is -1.96. The molecule has 0 spiro atoms. The predicted molar refractivity (Wildman–Crippen MR) is 77.4 cm³/mol. The molecule has 0 radical (unpaired) electrons. The van der Waals surface area contributed by atoms with Crippen molar-refractivity contribution < 1.29 is 4.74 Å². The van der Waals surface area contributed by atoms with Crippen molar-refractivity contribution in [1.82, 2.24) is 9.78 Å². The number of hydrogen-bond donors (Lipinski definition) is 0. The third-order valence-electron chi connectivity index (χ3n) is 3.45. The Kier molecular flexibility index (Phi) is 2.88. The smallest absolute Gasteiger partial charge is 0.126 e. The first-order valence-electron chi connectivity index (χ1n) is 6.24. The Bertz CT molecular complexity index is 827. The summed E-state index contributed by atoms with van der Waals surface area (Å²) in [6.07, 6.45) is 1.73. The molecule has 0 amide bonds. The van der Waals surface area contributed by atoms with E-state index in [4.69, 9.17) is 4.74 Å². The molecule has 0 N–H and O–H groups in total. The Morgan fingerprint density at radius 1 is 1.15 bits per heavy atom. The summed E-state index contributed by atoms with van der Waals surface area (Å²) in [5.41, 5.74) is 2.45. The zero-order valence-electron chi connectivity index (χ0n) is 11.3. The molecule has 0 aliphatic rings. The molecule has 98 valence electrons. The van der Waals surface area contributed by atoms with Gasteiger partial charge >= 0.3 is 0 Å². The van der Waals surface area contributed by atoms with Crippen molar-refractivity contribution in [2.45, 2.75) is 0 Å². The summed E-state index contributed by atoms with van der Waals surface area (Å²) in [5.74, 6) is 0.774. The number of hydrogen-bond acceptors (Lipinski definition) is 3. The molecule has 2 aromatic carbocycles. The van der Waals surface area contributed by atoms with Gasteiger partial charge in [0.05, 0.1) is 18.4 Å². The van der Waals surface area contributed by atoms with Gasteiger partial charge in [-0.05, 0) is 18.2 Å². The van der Waals surface area contributed by atoms with Crippen LogP contribution in [0, 0.1) is 11.3 Å². The molecule has 4 heteroatoms. The number of benzene rings is 2. The number of fused-ring (bicyclic) bond motifs is 1. The fourth-order valence-corrected chi connectivity index (χ4v) is 2.48. The van der Waals surface area contributed by atoms with Gasteiger partial charge in [0.2, 0.25) is 0 Å². The van der Waals surface area contributed by atoms with Crippen LogP contribution in [0.25, 0.3) is 22.0 Å². The first kappa shape index (κ1) is 12.2. The van der Waals surface area contributed by atoms with Gasteiger partial charge in [-0.15, -0.1) is 0 Å². The topological polar surface area (TPSA) is 50.8 Å². The second-order valence-corrected chi connectivity index (χ2v) is 4.50. The minimum Gasteiger partial charge on any atom is -0.496 e. The van der Waals surface area contributed by atoms with Crippen LogP contribution in [0.2, 0.25) is 0 Å². The summed E-state index contributed by atoms with van der Waals surface area (Å²) in [6.45, 7) is 0. The standard InChI is InChI=1S/C16H13N3O/c1-19-15(8-9-18-19)12-6-7-13-11(14(12)10-17)4-3-5-16(13)20-2/h3-9H,1-2H3. The third-order valence-corrected chi connectivity index (χ3v) is 3.45. The number of nitriles is 1. The quantitative estimate of drug-likeness (QED) is 0.713. The van der Waals surface area contributed by atoms with Gasteiger partial charge in [0, 0.05) is 29.6 Å². The molecule has 3 aromatic rings. The third kappa shape index (κ3) is 1.72. The van der Waals surface area contributed by atoms with Crippen molar-refractivity contribution >= 4 is 10.8 Å². The summed E-state index contributed by atoms with van der Waals surface area (Å²) in [4.78, 5) is 0. The Balaban J connectivity index is 2.37. The molecule has 4 nitrogen and oxygen atoms in total. The van der Waals surface area contributed by atoms with E-state index in [1.165, 1.54) is 0 Å². The van der Waals surface area contributed by atoms with E-state index in [2.05, 4.69) is 11.2 Å². The maximum absolute atomic E-state index is 9.55. The predicted octanol–water partition coefficient (Wildman–Crippen LogP) is 3.12. The molecule has 20 heavy (non-hydrogen) atoms. The molecule has 0 aliphatic carbocycles. The molecule has 1 aromatic heterocycles. The fraction of sp³-hybridized carbons (Fsp3) is 0.125. The van der Waals surface area contributed by atoms with E-state index in [9.17, 15) is 5.26 Å². The van der Waals surface area contributed by atoms with Gasteiger partial charge in [-0.2, -0.15) is 10.4 Å². The lowest BCUT2D eigenvalue weighted by atomic mass is 9.97. The Morgan fingerprint density at radius 2 is 2.00 bits per heavy atom. The summed E-state index contributed by atoms with van der Waals surface area (Å²) in [7, 11) is 3.50. The van der Waals surface area contributed by atoms with Gasteiger partial charge in [0.25, 0.3) is 0 Å². The van der Waals surface area contributed by atoms with Crippen molar-refractivity contribution in [3.8, 4) is 23.1 Å². The van der Waals surface area contributed by atoms with E-state index in [0.29, 0.717) is 5.56 Å². The Morgan fingerprint density at radius 3 is 2.65 bits per heavy atom. The molecule has 0 atom stereocenters. The summed E-state index contributed by atoms with van der Waals surface area (Å²) in [5, 5.41) is 15.6. The highest BCUT2D eigenvalue weighted by Crippen LogP contribution is 2.33. The zero-order valence-corrected chi connectivity index (χ0v) is 11.3. The van der Waals surface area contributed by atoms with Crippen molar-refractivity contribution in [1.29, 1.82) is 5.26 Å². The second-order valence-electron chi connectivity index (χ2n) is 4.50. The average Bonchev–Trinajstić information content (AvgIpc) is 2.91. The highest BCUT2D eigenvalue weighted by atomic mass is 16.5. The van der Waals surface area contributed by atoms with Gasteiger partial charge in [0.1, 0.15) is 11.8 Å². The van der Waals surface area contributed by atoms with E-state index < -0.39 is 0 Å². The lowest BCUT2D eigenvalue weighted by molar-refractivity contribution is 0.420. The van der Waals surface area contributed by atoms with Crippen molar-refractivity contribution in [2.24, 2.45) is 7.05 Å². The largest absolute Gasteiger partial charge is 0.496 e. The van der Waals surface area contributed by atoms with Gasteiger partial charge in [-0.3, -0.25) is 4.68 Å². The van der Waals surface area contributed by atoms with Crippen LogP contribution in [0.4, 0.5) is 0 Å². The lowest BCUT2D eigenvalue weighted by Gasteiger charge is -2.10. The van der Waals surface area contributed by atoms with Crippen LogP contribution in [0.15, 0.2) is 42.6 Å². The second kappa shape index (κ2) is 4.71. The zero-order chi connectivity index (χ0) is 14.1. The molecule has 0 bridgehead atoms. The molecule has 0 saturated carbocycles. The van der Waals surface area contributed by atoms with Gasteiger partial charge in [-0.25, -0.2) is 0 Å². The van der Waals surface area contributed by atoms with Gasteiger partial charge in [0.15, 0.2) is 0 Å². The van der Waals surface area contributed by atoms with Crippen LogP contribution in [-0.4, -0.2) is 16.9 Å². The number of aromatic nitrogens is 2. The SMILES string of the molecule is COc1cccc2c(C#N)c(-c3ccnn3C)ccc12. The first-order chi connectivity index (χ1) is 9.76. The number of aryl methyl sites for hydroxylation is 1. The summed E-state index contributed by atoms with van der Waals surface area (Å²) >= 11 is 0. The summed E-state index contributed by atoms with van der Waals surface area (Å²) < 4.78 is 7.12. The highest BCUT2D eigenvalue weighted by Gasteiger charge is 2.13. The molecule has 3 rings (SSSR count). The van der Waals surface area contributed by atoms with E-state index >= 15 is 0 Å². The molecular weight excluding hydrogens is 250 g/mol. The first-order valence-corrected chi connectivity index (χ1v) is 6.24. The number of rotatable bonds is 2. The number of ether oxygens (including phenoxy) is 1. The summed E-state index contributed by atoms with van der Waals surface area (Å²) in [6, 6.07) is 13.9. The highest BCUT2D eigenvalue weighted by molar-refractivity contribution is 5.97. The molecule has 0 aliphatic heterocycles. The van der Waals surface area contributed by atoms with E-state index in [-0.39, 0.29) is 0 Å². The van der Waals surface area contributed by atoms with Crippen molar-refractivity contribution in [3.05, 3.63) is 48.2 Å². The molecular formula is C16H13N3O. The molecule has 0 fully saturated rings. The molecule has 0 unspecified atom stereocenters. The Hall–Kier alpha value is -2.80. The number of methoxy groups -OCH3 is 1. The van der Waals surface area contributed by atoms with E-state index in [1.807, 2.05) is 43.4 Å². The molecule has 1 heterocycles. The fourth-order valence-electron chi connectivity index (χ4n) is 2.48. The Labute approximate surface area is 116 Å².